The normalized spacial score (nSPS) is 17.1. The number of ether oxygens (including phenoxy) is 1. The van der Waals surface area contributed by atoms with E-state index < -0.39 is 0 Å². The minimum absolute atomic E-state index is 0.0492. The molecule has 0 unspecified atom stereocenters. The standard InChI is InChI=1S/C18H20BBrO3/c1-18(2)12-22-19(23-13-18)16-10-15(20)8-9-17(16)21-11-14-6-4-3-5-7-14/h3-10H,11-13H2,1-2H3. The molecular weight excluding hydrogens is 355 g/mol. The Bertz CT molecular complexity index is 651. The molecule has 5 heteroatoms. The van der Waals surface area contributed by atoms with Crippen LogP contribution in [0.25, 0.3) is 0 Å². The number of hydrogen-bond donors (Lipinski definition) is 0. The Labute approximate surface area is 146 Å². The Morgan fingerprint density at radius 3 is 2.48 bits per heavy atom. The molecule has 0 aliphatic carbocycles. The van der Waals surface area contributed by atoms with Gasteiger partial charge < -0.3 is 14.0 Å². The summed E-state index contributed by atoms with van der Waals surface area (Å²) in [7, 11) is -0.383. The van der Waals surface area contributed by atoms with Crippen molar-refractivity contribution in [2.75, 3.05) is 13.2 Å². The smallest absolute Gasteiger partial charge is 0.489 e. The molecule has 1 fully saturated rings. The molecule has 1 aliphatic heterocycles. The van der Waals surface area contributed by atoms with Gasteiger partial charge in [0.1, 0.15) is 12.4 Å². The zero-order valence-electron chi connectivity index (χ0n) is 13.4. The highest BCUT2D eigenvalue weighted by Crippen LogP contribution is 2.24. The van der Waals surface area contributed by atoms with Crippen molar-refractivity contribution >= 4 is 28.5 Å². The first-order valence-electron chi connectivity index (χ1n) is 7.73. The summed E-state index contributed by atoms with van der Waals surface area (Å²) in [4.78, 5) is 0. The second-order valence-corrected chi connectivity index (χ2v) is 7.49. The third-order valence-corrected chi connectivity index (χ3v) is 4.21. The van der Waals surface area contributed by atoms with E-state index in [0.717, 1.165) is 21.2 Å². The van der Waals surface area contributed by atoms with Gasteiger partial charge in [-0.2, -0.15) is 0 Å². The summed E-state index contributed by atoms with van der Waals surface area (Å²) in [6.45, 7) is 6.13. The largest absolute Gasteiger partial charge is 0.497 e. The van der Waals surface area contributed by atoms with Crippen LogP contribution in [0.15, 0.2) is 53.0 Å². The minimum Gasteiger partial charge on any atom is -0.489 e. The van der Waals surface area contributed by atoms with E-state index in [1.165, 1.54) is 0 Å². The third-order valence-electron chi connectivity index (χ3n) is 3.71. The van der Waals surface area contributed by atoms with Crippen LogP contribution in [0.3, 0.4) is 0 Å². The summed E-state index contributed by atoms with van der Waals surface area (Å²) in [6, 6.07) is 16.0. The lowest BCUT2D eigenvalue weighted by atomic mass is 9.75. The summed E-state index contributed by atoms with van der Waals surface area (Å²) in [6.07, 6.45) is 0. The van der Waals surface area contributed by atoms with E-state index in [1.807, 2.05) is 36.4 Å². The van der Waals surface area contributed by atoms with Crippen molar-refractivity contribution in [1.29, 1.82) is 0 Å². The fraction of sp³-hybridized carbons (Fsp3) is 0.333. The molecule has 2 aromatic rings. The Kier molecular flexibility index (Phi) is 5.09. The lowest BCUT2D eigenvalue weighted by Crippen LogP contribution is -2.47. The van der Waals surface area contributed by atoms with Crippen molar-refractivity contribution in [2.45, 2.75) is 20.5 Å². The molecule has 0 aromatic heterocycles. The molecule has 0 N–H and O–H groups in total. The van der Waals surface area contributed by atoms with Gasteiger partial charge in [0.2, 0.25) is 0 Å². The number of rotatable bonds is 4. The van der Waals surface area contributed by atoms with Gasteiger partial charge in [-0.15, -0.1) is 0 Å². The highest BCUT2D eigenvalue weighted by atomic mass is 79.9. The Balaban J connectivity index is 1.75. The molecule has 0 spiro atoms. The van der Waals surface area contributed by atoms with E-state index in [-0.39, 0.29) is 12.5 Å². The van der Waals surface area contributed by atoms with Crippen molar-refractivity contribution in [1.82, 2.24) is 0 Å². The maximum absolute atomic E-state index is 6.00. The average Bonchev–Trinajstić information content (AvgIpc) is 2.55. The summed E-state index contributed by atoms with van der Waals surface area (Å²) in [5.41, 5.74) is 2.10. The van der Waals surface area contributed by atoms with Gasteiger partial charge in [-0.05, 0) is 23.8 Å². The fourth-order valence-corrected chi connectivity index (χ4v) is 2.82. The van der Waals surface area contributed by atoms with Gasteiger partial charge in [0.05, 0.1) is 0 Å². The molecule has 1 heterocycles. The topological polar surface area (TPSA) is 27.7 Å². The van der Waals surface area contributed by atoms with E-state index in [9.17, 15) is 0 Å². The monoisotopic (exact) mass is 374 g/mol. The molecule has 23 heavy (non-hydrogen) atoms. The third kappa shape index (κ3) is 4.37. The fourth-order valence-electron chi connectivity index (χ4n) is 2.44. The van der Waals surface area contributed by atoms with Crippen molar-refractivity contribution in [3.63, 3.8) is 0 Å². The van der Waals surface area contributed by atoms with Crippen LogP contribution < -0.4 is 10.2 Å². The SMILES string of the molecule is CC1(C)COB(c2cc(Br)ccc2OCc2ccccc2)OC1. The molecule has 0 radical (unpaired) electrons. The second kappa shape index (κ2) is 7.08. The lowest BCUT2D eigenvalue weighted by Gasteiger charge is -2.33. The Morgan fingerprint density at radius 1 is 1.09 bits per heavy atom. The van der Waals surface area contributed by atoms with Gasteiger partial charge in [-0.25, -0.2) is 0 Å². The number of hydrogen-bond acceptors (Lipinski definition) is 3. The van der Waals surface area contributed by atoms with Gasteiger partial charge in [0, 0.05) is 28.6 Å². The van der Waals surface area contributed by atoms with Crippen LogP contribution in [-0.4, -0.2) is 20.3 Å². The Morgan fingerprint density at radius 2 is 1.78 bits per heavy atom. The molecule has 120 valence electrons. The first kappa shape index (κ1) is 16.6. The molecule has 2 aromatic carbocycles. The summed E-state index contributed by atoms with van der Waals surface area (Å²) in [5, 5.41) is 0. The summed E-state index contributed by atoms with van der Waals surface area (Å²) >= 11 is 3.51. The molecule has 3 nitrogen and oxygen atoms in total. The molecule has 0 bridgehead atoms. The van der Waals surface area contributed by atoms with Crippen LogP contribution in [0, 0.1) is 5.41 Å². The zero-order valence-corrected chi connectivity index (χ0v) is 15.0. The van der Waals surface area contributed by atoms with Gasteiger partial charge in [0.15, 0.2) is 0 Å². The predicted molar refractivity (Wildman–Crippen MR) is 96.0 cm³/mol. The molecule has 0 amide bonds. The number of benzene rings is 2. The maximum Gasteiger partial charge on any atom is 0.497 e. The van der Waals surface area contributed by atoms with Crippen LogP contribution in [-0.2, 0) is 15.9 Å². The average molecular weight is 375 g/mol. The van der Waals surface area contributed by atoms with E-state index in [1.54, 1.807) is 0 Å². The molecule has 0 atom stereocenters. The second-order valence-electron chi connectivity index (χ2n) is 6.57. The van der Waals surface area contributed by atoms with Crippen molar-refractivity contribution in [3.8, 4) is 5.75 Å². The van der Waals surface area contributed by atoms with Gasteiger partial charge in [-0.1, -0.05) is 60.1 Å². The molecule has 1 aliphatic rings. The molecular formula is C18H20BBrO3. The Hall–Kier alpha value is -1.30. The maximum atomic E-state index is 6.00. The highest BCUT2D eigenvalue weighted by Gasteiger charge is 2.35. The first-order chi connectivity index (χ1) is 11.0. The van der Waals surface area contributed by atoms with Crippen LogP contribution >= 0.6 is 15.9 Å². The summed E-state index contributed by atoms with van der Waals surface area (Å²) < 4.78 is 18.8. The van der Waals surface area contributed by atoms with E-state index in [0.29, 0.717) is 19.8 Å². The van der Waals surface area contributed by atoms with Crippen LogP contribution in [0.5, 0.6) is 5.75 Å². The summed E-state index contributed by atoms with van der Waals surface area (Å²) in [5.74, 6) is 0.793. The number of halogens is 1. The lowest BCUT2D eigenvalue weighted by molar-refractivity contribution is 0.0340. The molecule has 3 rings (SSSR count). The van der Waals surface area contributed by atoms with Crippen LogP contribution in [0.1, 0.15) is 19.4 Å². The van der Waals surface area contributed by atoms with E-state index >= 15 is 0 Å². The quantitative estimate of drug-likeness (QED) is 0.762. The predicted octanol–water partition coefficient (Wildman–Crippen LogP) is 3.80. The van der Waals surface area contributed by atoms with Gasteiger partial charge in [-0.3, -0.25) is 0 Å². The van der Waals surface area contributed by atoms with Crippen molar-refractivity contribution < 1.29 is 14.0 Å². The molecule has 0 saturated carbocycles. The van der Waals surface area contributed by atoms with E-state index in [2.05, 4.69) is 41.9 Å². The zero-order chi connectivity index (χ0) is 16.3. The van der Waals surface area contributed by atoms with Crippen molar-refractivity contribution in [2.24, 2.45) is 5.41 Å². The highest BCUT2D eigenvalue weighted by molar-refractivity contribution is 9.10. The van der Waals surface area contributed by atoms with Crippen molar-refractivity contribution in [3.05, 3.63) is 58.6 Å². The van der Waals surface area contributed by atoms with Crippen LogP contribution in [0.2, 0.25) is 0 Å². The van der Waals surface area contributed by atoms with E-state index in [4.69, 9.17) is 14.0 Å². The first-order valence-corrected chi connectivity index (χ1v) is 8.52. The minimum atomic E-state index is -0.383. The van der Waals surface area contributed by atoms with Gasteiger partial charge >= 0.3 is 7.12 Å². The van der Waals surface area contributed by atoms with Gasteiger partial charge in [0.25, 0.3) is 0 Å². The molecule has 1 saturated heterocycles. The van der Waals surface area contributed by atoms with Crippen LogP contribution in [0.4, 0.5) is 0 Å².